The molecule has 0 heterocycles. The van der Waals surface area contributed by atoms with Crippen molar-refractivity contribution in [2.45, 2.75) is 0 Å². The average Bonchev–Trinajstić information content (AvgIpc) is 1.12. The van der Waals surface area contributed by atoms with E-state index in [9.17, 15) is 0 Å². The Morgan fingerprint density at radius 2 is 0.636 bits per heavy atom. The topological polar surface area (TPSA) is 149 Å². The Morgan fingerprint density at radius 3 is 0.636 bits per heavy atom. The summed E-state index contributed by atoms with van der Waals surface area (Å²) in [7, 11) is 0. The molecule has 0 aliphatic carbocycles. The minimum absolute atomic E-state index is 0. The summed E-state index contributed by atoms with van der Waals surface area (Å²) in [5, 5.41) is 0. The fourth-order valence-corrected chi connectivity index (χ4v) is 0. The Bertz CT molecular complexity index is 296. The van der Waals surface area contributed by atoms with Crippen LogP contribution in [0.4, 0.5) is 0 Å². The van der Waals surface area contributed by atoms with Crippen LogP contribution < -0.4 is 8.38 Å². The van der Waals surface area contributed by atoms with Crippen LogP contribution in [0.3, 0.4) is 0 Å². The van der Waals surface area contributed by atoms with E-state index in [0.29, 0.717) is 0 Å². The second kappa shape index (κ2) is 5.87. The van der Waals surface area contributed by atoms with Gasteiger partial charge in [0.2, 0.25) is 0 Å². The molecule has 11 heteroatoms. The van der Waals surface area contributed by atoms with Gasteiger partial charge >= 0.3 is 74.4 Å². The molecule has 0 aromatic rings. The Hall–Kier alpha value is 0.278. The van der Waals surface area contributed by atoms with Crippen molar-refractivity contribution in [1.82, 2.24) is 0 Å². The van der Waals surface area contributed by atoms with E-state index in [2.05, 4.69) is 0 Å². The molecule has 11 heavy (non-hydrogen) atoms. The quantitative estimate of drug-likeness (QED) is 0.405. The van der Waals surface area contributed by atoms with E-state index in [1.165, 1.54) is 0 Å². The van der Waals surface area contributed by atoms with Crippen molar-refractivity contribution in [3.8, 4) is 0 Å². The van der Waals surface area contributed by atoms with Gasteiger partial charge in [0.25, 0.3) is 0 Å². The van der Waals surface area contributed by atoms with Crippen molar-refractivity contribution >= 4 is 17.1 Å². The maximum atomic E-state index is 8.58. The zero-order chi connectivity index (χ0) is 9.00. The summed E-state index contributed by atoms with van der Waals surface area (Å²) in [4.78, 5) is 0. The van der Waals surface area contributed by atoms with E-state index in [4.69, 9.17) is 31.4 Å². The fraction of sp³-hybridized carbons (Fsp3) is 0. The van der Waals surface area contributed by atoms with Gasteiger partial charge in [-0.3, -0.25) is 0 Å². The monoisotopic (exact) mass is 322 g/mol. The third-order valence-corrected chi connectivity index (χ3v) is 0. The number of rotatable bonds is 0. The van der Waals surface area contributed by atoms with Gasteiger partial charge in [0.15, 0.2) is 0 Å². The first kappa shape index (κ1) is 17.4. The Kier molecular flexibility index (Phi) is 9.28. The normalized spacial score (nSPS) is 10.4. The molecule has 0 aromatic heterocycles. The van der Waals surface area contributed by atoms with E-state index in [1.807, 2.05) is 0 Å². The van der Waals surface area contributed by atoms with Gasteiger partial charge in [0, 0.05) is 0 Å². The van der Waals surface area contributed by atoms with Gasteiger partial charge in [-0.05, 0) is 0 Å². The molecule has 0 amide bonds. The number of hydrogen-bond donors (Lipinski definition) is 0. The van der Waals surface area contributed by atoms with Gasteiger partial charge in [-0.2, -0.15) is 0 Å². The Balaban J connectivity index is -0.000000107. The van der Waals surface area contributed by atoms with E-state index in [1.54, 1.807) is 0 Å². The molecule has 0 spiro atoms. The van der Waals surface area contributed by atoms with Gasteiger partial charge in [0.1, 0.15) is 0 Å². The second-order valence-electron chi connectivity index (χ2n) is 0.756. The molecule has 0 saturated heterocycles. The molecule has 0 N–H and O–H groups in total. The van der Waals surface area contributed by atoms with E-state index >= 15 is 0 Å². The van der Waals surface area contributed by atoms with E-state index < -0.39 is 25.9 Å². The molecule has 0 unspecified atom stereocenters. The first-order valence-electron chi connectivity index (χ1n) is 1.23. The number of hydrogen-bond acceptors (Lipinski definition) is 8. The van der Waals surface area contributed by atoms with Gasteiger partial charge in [-0.15, -0.1) is 0 Å². The molecule has 0 saturated carbocycles. The molecule has 0 rings (SSSR count). The van der Waals surface area contributed by atoms with Crippen LogP contribution in [0.5, 0.6) is 0 Å². The van der Waals surface area contributed by atoms with Crippen LogP contribution in [0.25, 0.3) is 0 Å². The summed E-state index contributed by atoms with van der Waals surface area (Å²) in [6, 6.07) is 0. The second-order valence-corrected chi connectivity index (χ2v) is 3.12. The first-order valence-corrected chi connectivity index (χ1v) is 5.09. The summed E-state index contributed by atoms with van der Waals surface area (Å²) in [6.07, 6.45) is 0. The van der Waals surface area contributed by atoms with Gasteiger partial charge < -0.3 is 0 Å². The van der Waals surface area contributed by atoms with E-state index in [-0.39, 0.29) is 17.1 Å². The minimum atomic E-state index is -5.62. The molecule has 0 aliphatic heterocycles. The Labute approximate surface area is 74.4 Å². The summed E-state index contributed by atoms with van der Waals surface area (Å²) in [6.45, 7) is 0. The summed E-state index contributed by atoms with van der Waals surface area (Å²) < 4.78 is 68.6. The van der Waals surface area contributed by atoms with Crippen LogP contribution in [0, 0.1) is 0 Å². The molecule has 72 valence electrons. The molecular weight excluding hydrogens is 317 g/mol. The van der Waals surface area contributed by atoms with Crippen LogP contribution >= 0.6 is 0 Å². The van der Waals surface area contributed by atoms with Crippen LogP contribution in [0.1, 0.15) is 0 Å². The van der Waals surface area contributed by atoms with Crippen molar-refractivity contribution in [1.29, 1.82) is 0 Å². The molecular formula is H4Mn2O8Se. The third kappa shape index (κ3) is 9090. The van der Waals surface area contributed by atoms with Crippen molar-refractivity contribution in [3.63, 3.8) is 0 Å². The van der Waals surface area contributed by atoms with Crippen LogP contribution in [-0.2, 0) is 48.9 Å². The van der Waals surface area contributed by atoms with Gasteiger partial charge in [-0.1, -0.05) is 0 Å². The standard InChI is InChI=1S/2Mn.8O.H4Se/h;;;;;;;;;;1H4/q;;;;;;;;2*-1;+2. The summed E-state index contributed by atoms with van der Waals surface area (Å²) in [5.41, 5.74) is 0. The predicted octanol–water partition coefficient (Wildman–Crippen LogP) is -4.55. The first-order chi connectivity index (χ1) is 4.00. The van der Waals surface area contributed by atoms with Crippen LogP contribution in [0.15, 0.2) is 0 Å². The molecule has 0 aliphatic rings. The Morgan fingerprint density at radius 1 is 0.636 bits per heavy atom. The van der Waals surface area contributed by atoms with Crippen LogP contribution in [0.2, 0.25) is 0 Å². The SMILES string of the molecule is [O]=[Mn](=[O])(=[O])[O-].[O]=[Mn](=[O])(=[O])[O-].[SeH4+2]. The molecule has 8 nitrogen and oxygen atoms in total. The predicted molar refractivity (Wildman–Crippen MR) is 15.5 cm³/mol. The van der Waals surface area contributed by atoms with Crippen molar-refractivity contribution in [3.05, 3.63) is 0 Å². The molecule has 0 radical (unpaired) electrons. The average molecular weight is 321 g/mol. The van der Waals surface area contributed by atoms with E-state index in [0.717, 1.165) is 0 Å². The zero-order valence-electron chi connectivity index (χ0n) is 4.73. The summed E-state index contributed by atoms with van der Waals surface area (Å²) >= 11 is -11.2. The molecule has 0 fully saturated rings. The molecule has 0 aromatic carbocycles. The van der Waals surface area contributed by atoms with Crippen LogP contribution in [-0.4, -0.2) is 17.1 Å². The fourth-order valence-electron chi connectivity index (χ4n) is 0. The van der Waals surface area contributed by atoms with Gasteiger partial charge in [0.05, 0.1) is 0 Å². The van der Waals surface area contributed by atoms with Gasteiger partial charge in [-0.25, -0.2) is 0 Å². The molecule has 0 atom stereocenters. The third-order valence-electron chi connectivity index (χ3n) is 0. The maximum absolute atomic E-state index is 8.58. The molecule has 0 bridgehead atoms. The van der Waals surface area contributed by atoms with Crippen molar-refractivity contribution < 1.29 is 57.3 Å². The van der Waals surface area contributed by atoms with Crippen molar-refractivity contribution in [2.24, 2.45) is 0 Å². The van der Waals surface area contributed by atoms with Crippen molar-refractivity contribution in [2.75, 3.05) is 0 Å². The zero-order valence-corrected chi connectivity index (χ0v) is 10.1. The summed E-state index contributed by atoms with van der Waals surface area (Å²) in [5.74, 6) is 0.